The Morgan fingerprint density at radius 2 is 2.10 bits per heavy atom. The Hall–Kier alpha value is -2.22. The van der Waals surface area contributed by atoms with E-state index in [0.29, 0.717) is 10.6 Å². The highest BCUT2D eigenvalue weighted by Gasteiger charge is 2.26. The number of aromatic carboxylic acids is 1. The molecule has 0 bridgehead atoms. The number of carbonyl (C=O) groups is 2. The van der Waals surface area contributed by atoms with Gasteiger partial charge in [0.1, 0.15) is 5.00 Å². The Bertz CT molecular complexity index is 704. The molecule has 0 unspecified atom stereocenters. The van der Waals surface area contributed by atoms with E-state index in [-0.39, 0.29) is 5.69 Å². The molecule has 1 aliphatic rings. The van der Waals surface area contributed by atoms with Crippen molar-refractivity contribution in [2.24, 2.45) is 5.73 Å². The molecule has 2 aromatic rings. The van der Waals surface area contributed by atoms with Gasteiger partial charge in [0, 0.05) is 4.88 Å². The van der Waals surface area contributed by atoms with Crippen LogP contribution in [0.1, 0.15) is 44.1 Å². The van der Waals surface area contributed by atoms with Gasteiger partial charge in [-0.15, -0.1) is 16.4 Å². The Balaban J connectivity index is 2.14. The quantitative estimate of drug-likeness (QED) is 0.876. The van der Waals surface area contributed by atoms with Crippen molar-refractivity contribution >= 4 is 23.2 Å². The van der Waals surface area contributed by atoms with Crippen LogP contribution in [0.5, 0.6) is 0 Å². The fourth-order valence-corrected chi connectivity index (χ4v) is 3.74. The summed E-state index contributed by atoms with van der Waals surface area (Å²) >= 11 is 1.44. The number of nitrogens with zero attached hydrogens (tertiary/aromatic N) is 3. The standard InChI is InChI=1S/C12H12N4O3S/c13-10(17)9-6-3-1-2-4-8(6)20-11(9)16-5-7(12(18)19)14-15-16/h5H,1-4H2,(H2,13,17)(H,18,19). The molecule has 1 aliphatic carbocycles. The molecule has 0 aliphatic heterocycles. The maximum Gasteiger partial charge on any atom is 0.358 e. The normalized spacial score (nSPS) is 14.0. The number of hydrogen-bond acceptors (Lipinski definition) is 5. The van der Waals surface area contributed by atoms with Crippen LogP contribution < -0.4 is 5.73 Å². The van der Waals surface area contributed by atoms with Gasteiger partial charge in [-0.1, -0.05) is 5.21 Å². The Labute approximate surface area is 118 Å². The number of carboxylic acids is 1. The van der Waals surface area contributed by atoms with Gasteiger partial charge in [-0.3, -0.25) is 4.79 Å². The van der Waals surface area contributed by atoms with Gasteiger partial charge in [-0.2, -0.15) is 0 Å². The molecule has 0 atom stereocenters. The number of nitrogens with two attached hydrogens (primary N) is 1. The van der Waals surface area contributed by atoms with E-state index in [9.17, 15) is 9.59 Å². The molecule has 0 spiro atoms. The summed E-state index contributed by atoms with van der Waals surface area (Å²) in [5.74, 6) is -1.66. The molecule has 104 valence electrons. The summed E-state index contributed by atoms with van der Waals surface area (Å²) in [5, 5.41) is 16.8. The first-order valence-corrected chi connectivity index (χ1v) is 7.00. The van der Waals surface area contributed by atoms with Crippen molar-refractivity contribution < 1.29 is 14.7 Å². The zero-order valence-electron chi connectivity index (χ0n) is 10.5. The largest absolute Gasteiger partial charge is 0.476 e. The lowest BCUT2D eigenvalue weighted by Gasteiger charge is -2.10. The van der Waals surface area contributed by atoms with Gasteiger partial charge in [0.25, 0.3) is 5.91 Å². The Morgan fingerprint density at radius 1 is 1.35 bits per heavy atom. The average Bonchev–Trinajstić information content (AvgIpc) is 3.02. The number of aryl methyl sites for hydroxylation is 1. The molecule has 0 saturated carbocycles. The number of amides is 1. The van der Waals surface area contributed by atoms with Crippen molar-refractivity contribution in [1.82, 2.24) is 15.0 Å². The predicted molar refractivity (Wildman–Crippen MR) is 71.4 cm³/mol. The number of fused-ring (bicyclic) bond motifs is 1. The molecule has 0 radical (unpaired) electrons. The zero-order chi connectivity index (χ0) is 14.3. The van der Waals surface area contributed by atoms with Gasteiger partial charge in [0.05, 0.1) is 11.8 Å². The highest BCUT2D eigenvalue weighted by atomic mass is 32.1. The third-order valence-corrected chi connectivity index (χ3v) is 4.60. The smallest absolute Gasteiger partial charge is 0.358 e. The maximum atomic E-state index is 11.7. The first-order valence-electron chi connectivity index (χ1n) is 6.18. The molecule has 3 N–H and O–H groups in total. The minimum atomic E-state index is -1.15. The van der Waals surface area contributed by atoms with E-state index in [2.05, 4.69) is 10.3 Å². The van der Waals surface area contributed by atoms with Crippen LogP contribution in [0.4, 0.5) is 0 Å². The number of hydrogen-bond donors (Lipinski definition) is 2. The summed E-state index contributed by atoms with van der Waals surface area (Å²) in [6.45, 7) is 0. The number of aromatic nitrogens is 3. The maximum absolute atomic E-state index is 11.7. The van der Waals surface area contributed by atoms with E-state index < -0.39 is 11.9 Å². The van der Waals surface area contributed by atoms with Crippen molar-refractivity contribution in [2.75, 3.05) is 0 Å². The van der Waals surface area contributed by atoms with Gasteiger partial charge in [0.2, 0.25) is 0 Å². The van der Waals surface area contributed by atoms with Crippen molar-refractivity contribution in [3.05, 3.63) is 27.9 Å². The van der Waals surface area contributed by atoms with Gasteiger partial charge in [-0.25, -0.2) is 9.48 Å². The van der Waals surface area contributed by atoms with Crippen molar-refractivity contribution in [3.8, 4) is 5.00 Å². The summed E-state index contributed by atoms with van der Waals surface area (Å²) in [4.78, 5) is 23.7. The highest BCUT2D eigenvalue weighted by Crippen LogP contribution is 2.36. The van der Waals surface area contributed by atoms with E-state index >= 15 is 0 Å². The van der Waals surface area contributed by atoms with Crippen LogP contribution >= 0.6 is 11.3 Å². The van der Waals surface area contributed by atoms with Crippen LogP contribution in [0.25, 0.3) is 5.00 Å². The van der Waals surface area contributed by atoms with Gasteiger partial charge >= 0.3 is 5.97 Å². The van der Waals surface area contributed by atoms with Gasteiger partial charge < -0.3 is 10.8 Å². The molecule has 3 rings (SSSR count). The van der Waals surface area contributed by atoms with Crippen LogP contribution in [-0.2, 0) is 12.8 Å². The number of carbonyl (C=O) groups excluding carboxylic acids is 1. The lowest BCUT2D eigenvalue weighted by atomic mass is 9.95. The van der Waals surface area contributed by atoms with Crippen molar-refractivity contribution in [3.63, 3.8) is 0 Å². The third-order valence-electron chi connectivity index (χ3n) is 3.32. The number of carboxylic acid groups (broad SMARTS) is 1. The van der Waals surface area contributed by atoms with Crippen molar-refractivity contribution in [1.29, 1.82) is 0 Å². The molecule has 1 amide bonds. The lowest BCUT2D eigenvalue weighted by molar-refractivity contribution is 0.0690. The minimum Gasteiger partial charge on any atom is -0.476 e. The van der Waals surface area contributed by atoms with E-state index in [1.54, 1.807) is 0 Å². The number of thiophene rings is 1. The van der Waals surface area contributed by atoms with Gasteiger partial charge in [-0.05, 0) is 31.2 Å². The Morgan fingerprint density at radius 3 is 2.75 bits per heavy atom. The van der Waals surface area contributed by atoms with E-state index in [1.807, 2.05) is 0 Å². The molecule has 20 heavy (non-hydrogen) atoms. The monoisotopic (exact) mass is 292 g/mol. The molecule has 7 nitrogen and oxygen atoms in total. The number of rotatable bonds is 3. The average molecular weight is 292 g/mol. The second-order valence-corrected chi connectivity index (χ2v) is 5.69. The van der Waals surface area contributed by atoms with Crippen LogP contribution in [0.15, 0.2) is 6.20 Å². The lowest BCUT2D eigenvalue weighted by Crippen LogP contribution is -2.16. The molecule has 0 fully saturated rings. The topological polar surface area (TPSA) is 111 Å². The zero-order valence-corrected chi connectivity index (χ0v) is 11.3. The van der Waals surface area contributed by atoms with Crippen LogP contribution in [0, 0.1) is 0 Å². The molecule has 0 saturated heterocycles. The predicted octanol–water partition coefficient (Wildman–Crippen LogP) is 1.00. The molecule has 2 heterocycles. The van der Waals surface area contributed by atoms with Crippen LogP contribution in [0.3, 0.4) is 0 Å². The minimum absolute atomic E-state index is 0.160. The van der Waals surface area contributed by atoms with Gasteiger partial charge in [0.15, 0.2) is 5.69 Å². The van der Waals surface area contributed by atoms with E-state index in [0.717, 1.165) is 36.1 Å². The second-order valence-electron chi connectivity index (χ2n) is 4.61. The summed E-state index contributed by atoms with van der Waals surface area (Å²) in [6.07, 6.45) is 5.15. The fraction of sp³-hybridized carbons (Fsp3) is 0.333. The summed E-state index contributed by atoms with van der Waals surface area (Å²) in [7, 11) is 0. The second kappa shape index (κ2) is 4.71. The molecule has 8 heteroatoms. The van der Waals surface area contributed by atoms with Crippen LogP contribution in [0.2, 0.25) is 0 Å². The third kappa shape index (κ3) is 1.97. The molecule has 2 aromatic heterocycles. The fourth-order valence-electron chi connectivity index (χ4n) is 2.43. The van der Waals surface area contributed by atoms with Crippen molar-refractivity contribution in [2.45, 2.75) is 25.7 Å². The van der Waals surface area contributed by atoms with Crippen LogP contribution in [-0.4, -0.2) is 32.0 Å². The Kier molecular flexibility index (Phi) is 3.01. The summed E-state index contributed by atoms with van der Waals surface area (Å²) in [6, 6.07) is 0. The highest BCUT2D eigenvalue weighted by molar-refractivity contribution is 7.15. The number of primary amides is 1. The summed E-state index contributed by atoms with van der Waals surface area (Å²) < 4.78 is 1.33. The molecule has 0 aromatic carbocycles. The van der Waals surface area contributed by atoms with E-state index in [1.165, 1.54) is 22.2 Å². The van der Waals surface area contributed by atoms with E-state index in [4.69, 9.17) is 10.8 Å². The SMILES string of the molecule is NC(=O)c1c(-n2cc(C(=O)O)nn2)sc2c1CCCC2. The molecular formula is C12H12N4O3S. The first-order chi connectivity index (χ1) is 9.58. The molecular weight excluding hydrogens is 280 g/mol. The summed E-state index contributed by atoms with van der Waals surface area (Å²) in [5.41, 5.74) is 6.75. The first kappa shape index (κ1) is 12.8.